The van der Waals surface area contributed by atoms with Crippen molar-refractivity contribution in [3.8, 4) is 0 Å². The summed E-state index contributed by atoms with van der Waals surface area (Å²) in [6, 6.07) is 6.34. The van der Waals surface area contributed by atoms with Crippen molar-refractivity contribution in [2.45, 2.75) is 39.2 Å². The smallest absolute Gasteiger partial charge is 0.481 e. The highest BCUT2D eigenvalue weighted by Crippen LogP contribution is 2.17. The molecule has 0 spiro atoms. The zero-order valence-corrected chi connectivity index (χ0v) is 19.6. The zero-order valence-electron chi connectivity index (χ0n) is 18.8. The number of hydrogen-bond donors (Lipinski definition) is 1. The van der Waals surface area contributed by atoms with Crippen LogP contribution in [0.2, 0.25) is 0 Å². The molecule has 0 aromatic heterocycles. The molecule has 1 rings (SSSR count). The van der Waals surface area contributed by atoms with Crippen LogP contribution in [0.4, 0.5) is 4.79 Å². The highest BCUT2D eigenvalue weighted by Gasteiger charge is 2.22. The summed E-state index contributed by atoms with van der Waals surface area (Å²) in [6.07, 6.45) is 3.11. The third kappa shape index (κ3) is 11.6. The van der Waals surface area contributed by atoms with Gasteiger partial charge in [-0.05, 0) is 55.3 Å². The Kier molecular flexibility index (Phi) is 12.2. The monoisotopic (exact) mass is 471 g/mol. The SMILES string of the molecule is CC(C)OC(=O)OCOC(=O)c1ccc(CC(CCC(=O)O)C(=O)OCC[S+](C)C)cc1. The van der Waals surface area contributed by atoms with E-state index in [2.05, 4.69) is 4.74 Å². The van der Waals surface area contributed by atoms with E-state index in [1.54, 1.807) is 26.0 Å². The molecule has 0 heterocycles. The second kappa shape index (κ2) is 14.3. The first-order chi connectivity index (χ1) is 15.1. The first kappa shape index (κ1) is 27.3. The van der Waals surface area contributed by atoms with Crippen molar-refractivity contribution in [2.75, 3.05) is 31.7 Å². The van der Waals surface area contributed by atoms with Gasteiger partial charge in [-0.15, -0.1) is 0 Å². The maximum atomic E-state index is 12.4. The molecule has 0 amide bonds. The lowest BCUT2D eigenvalue weighted by Crippen LogP contribution is -2.23. The quantitative estimate of drug-likeness (QED) is 0.200. The van der Waals surface area contributed by atoms with E-state index >= 15 is 0 Å². The van der Waals surface area contributed by atoms with Crippen LogP contribution in [-0.4, -0.2) is 66.9 Å². The number of esters is 2. The highest BCUT2D eigenvalue weighted by atomic mass is 32.2. The molecule has 10 heteroatoms. The molecule has 9 nitrogen and oxygen atoms in total. The summed E-state index contributed by atoms with van der Waals surface area (Å²) in [5, 5.41) is 8.96. The van der Waals surface area contributed by atoms with Crippen LogP contribution in [0.3, 0.4) is 0 Å². The van der Waals surface area contributed by atoms with Crippen molar-refractivity contribution >= 4 is 35.0 Å². The van der Waals surface area contributed by atoms with Crippen LogP contribution in [0, 0.1) is 5.92 Å². The van der Waals surface area contributed by atoms with Gasteiger partial charge in [-0.3, -0.25) is 9.59 Å². The fourth-order valence-corrected chi connectivity index (χ4v) is 2.95. The van der Waals surface area contributed by atoms with E-state index in [0.717, 1.165) is 11.3 Å². The van der Waals surface area contributed by atoms with Crippen LogP contribution in [-0.2, 0) is 45.9 Å². The van der Waals surface area contributed by atoms with Crippen molar-refractivity contribution in [3.05, 3.63) is 35.4 Å². The van der Waals surface area contributed by atoms with E-state index in [0.29, 0.717) is 6.61 Å². The largest absolute Gasteiger partial charge is 0.511 e. The Bertz CT molecular complexity index is 759. The van der Waals surface area contributed by atoms with E-state index in [-0.39, 0.29) is 41.8 Å². The molecule has 0 bridgehead atoms. The first-order valence-electron chi connectivity index (χ1n) is 10.1. The molecule has 1 aromatic carbocycles. The van der Waals surface area contributed by atoms with Crippen molar-refractivity contribution in [1.82, 2.24) is 0 Å². The average Bonchev–Trinajstić information content (AvgIpc) is 2.70. The standard InChI is InChI=1S/C22H30O9S/c1-15(2)31-22(27)30-14-29-20(25)17-7-5-16(6-8-17)13-18(9-10-19(23)24)21(26)28-11-12-32(3)4/h5-8,15,18H,9-14H2,1-4H3/p+1. The summed E-state index contributed by atoms with van der Waals surface area (Å²) in [4.78, 5) is 46.7. The second-order valence-corrected chi connectivity index (χ2v) is 9.88. The van der Waals surface area contributed by atoms with Gasteiger partial charge in [0.2, 0.25) is 6.79 Å². The van der Waals surface area contributed by atoms with Crippen molar-refractivity contribution in [3.63, 3.8) is 0 Å². The molecule has 0 saturated heterocycles. The maximum absolute atomic E-state index is 12.4. The third-order valence-corrected chi connectivity index (χ3v) is 5.13. The second-order valence-electron chi connectivity index (χ2n) is 7.50. The van der Waals surface area contributed by atoms with Gasteiger partial charge in [0.15, 0.2) is 0 Å². The molecule has 0 saturated carbocycles. The summed E-state index contributed by atoms with van der Waals surface area (Å²) < 4.78 is 19.6. The van der Waals surface area contributed by atoms with Crippen LogP contribution in [0.5, 0.6) is 0 Å². The zero-order chi connectivity index (χ0) is 24.1. The van der Waals surface area contributed by atoms with Gasteiger partial charge in [-0.25, -0.2) is 9.59 Å². The molecule has 0 aliphatic heterocycles. The lowest BCUT2D eigenvalue weighted by Gasteiger charge is -2.15. The molecule has 1 aromatic rings. The summed E-state index contributed by atoms with van der Waals surface area (Å²) >= 11 is 0. The van der Waals surface area contributed by atoms with E-state index in [4.69, 9.17) is 19.3 Å². The Morgan fingerprint density at radius 1 is 1.00 bits per heavy atom. The number of benzene rings is 1. The summed E-state index contributed by atoms with van der Waals surface area (Å²) in [6.45, 7) is 3.04. The number of ether oxygens (including phenoxy) is 4. The Labute approximate surface area is 190 Å². The van der Waals surface area contributed by atoms with Gasteiger partial charge in [0, 0.05) is 6.42 Å². The predicted molar refractivity (Wildman–Crippen MR) is 119 cm³/mol. The Hall–Kier alpha value is -2.75. The molecular formula is C22H31O9S+. The average molecular weight is 472 g/mol. The highest BCUT2D eigenvalue weighted by molar-refractivity contribution is 7.95. The summed E-state index contributed by atoms with van der Waals surface area (Å²) in [5.74, 6) is -1.94. The van der Waals surface area contributed by atoms with Gasteiger partial charge in [-0.1, -0.05) is 12.1 Å². The van der Waals surface area contributed by atoms with Gasteiger partial charge < -0.3 is 24.1 Å². The minimum absolute atomic E-state index is 0.141. The number of carbonyl (C=O) groups is 4. The lowest BCUT2D eigenvalue weighted by atomic mass is 9.94. The number of hydrogen-bond acceptors (Lipinski definition) is 8. The van der Waals surface area contributed by atoms with E-state index in [1.165, 1.54) is 12.1 Å². The van der Waals surface area contributed by atoms with Gasteiger partial charge >= 0.3 is 24.1 Å². The third-order valence-electron chi connectivity index (χ3n) is 4.15. The minimum Gasteiger partial charge on any atom is -0.481 e. The maximum Gasteiger partial charge on any atom is 0.511 e. The predicted octanol–water partition coefficient (Wildman–Crippen LogP) is 2.81. The Balaban J connectivity index is 2.63. The van der Waals surface area contributed by atoms with Gasteiger partial charge in [0.25, 0.3) is 0 Å². The molecule has 1 unspecified atom stereocenters. The number of rotatable bonds is 13. The molecular weight excluding hydrogens is 440 g/mol. The van der Waals surface area contributed by atoms with Crippen LogP contribution < -0.4 is 0 Å². The molecule has 1 N–H and O–H groups in total. The molecule has 178 valence electrons. The van der Waals surface area contributed by atoms with Crippen LogP contribution in [0.25, 0.3) is 0 Å². The summed E-state index contributed by atoms with van der Waals surface area (Å²) in [5.41, 5.74) is 0.980. The minimum atomic E-state index is -0.982. The van der Waals surface area contributed by atoms with Gasteiger partial charge in [0.1, 0.15) is 12.4 Å². The molecule has 0 fully saturated rings. The van der Waals surface area contributed by atoms with E-state index in [9.17, 15) is 19.2 Å². The molecule has 32 heavy (non-hydrogen) atoms. The van der Waals surface area contributed by atoms with Crippen LogP contribution >= 0.6 is 0 Å². The van der Waals surface area contributed by atoms with E-state index < -0.39 is 36.8 Å². The number of carboxylic acid groups (broad SMARTS) is 1. The fourth-order valence-electron chi connectivity index (χ4n) is 2.53. The van der Waals surface area contributed by atoms with Crippen LogP contribution in [0.15, 0.2) is 24.3 Å². The fraction of sp³-hybridized carbons (Fsp3) is 0.545. The van der Waals surface area contributed by atoms with E-state index in [1.807, 2.05) is 12.5 Å². The number of carbonyl (C=O) groups excluding carboxylic acids is 3. The number of carboxylic acids is 1. The molecule has 1 atom stereocenters. The normalized spacial score (nSPS) is 11.7. The molecule has 0 aliphatic rings. The van der Waals surface area contributed by atoms with Gasteiger partial charge in [0.05, 0.1) is 30.1 Å². The van der Waals surface area contributed by atoms with Crippen LogP contribution in [0.1, 0.15) is 42.6 Å². The molecule has 0 aliphatic carbocycles. The lowest BCUT2D eigenvalue weighted by molar-refractivity contribution is -0.148. The Morgan fingerprint density at radius 2 is 1.66 bits per heavy atom. The topological polar surface area (TPSA) is 125 Å². The number of aliphatic carboxylic acids is 1. The first-order valence-corrected chi connectivity index (χ1v) is 12.3. The van der Waals surface area contributed by atoms with Crippen molar-refractivity contribution in [2.24, 2.45) is 5.92 Å². The van der Waals surface area contributed by atoms with Gasteiger partial charge in [-0.2, -0.15) is 0 Å². The molecule has 0 radical (unpaired) electrons. The summed E-state index contributed by atoms with van der Waals surface area (Å²) in [7, 11) is 0.141. The van der Waals surface area contributed by atoms with Crippen molar-refractivity contribution < 1.29 is 43.2 Å². The Morgan fingerprint density at radius 3 is 2.22 bits per heavy atom. The van der Waals surface area contributed by atoms with Crippen molar-refractivity contribution in [1.29, 1.82) is 0 Å².